The highest BCUT2D eigenvalue weighted by molar-refractivity contribution is 5.70. The predicted octanol–water partition coefficient (Wildman–Crippen LogP) is 2.28. The smallest absolute Gasteiger partial charge is 0.352 e. The molecule has 3 rings (SSSR count). The van der Waals surface area contributed by atoms with Crippen molar-refractivity contribution in [3.8, 4) is 0 Å². The number of alkyl halides is 3. The third kappa shape index (κ3) is 2.78. The van der Waals surface area contributed by atoms with Crippen molar-refractivity contribution in [2.75, 3.05) is 5.32 Å². The molecule has 3 aromatic rings. The SMILES string of the molecule is O=c1[nH]c(NCc2ccccc2)nc2nc(C(F)(F)F)[nH]c12. The van der Waals surface area contributed by atoms with Gasteiger partial charge in [0.05, 0.1) is 0 Å². The maximum absolute atomic E-state index is 12.6. The molecule has 0 fully saturated rings. The van der Waals surface area contributed by atoms with E-state index in [9.17, 15) is 18.0 Å². The van der Waals surface area contributed by atoms with Crippen LogP contribution in [0.1, 0.15) is 11.4 Å². The highest BCUT2D eigenvalue weighted by atomic mass is 19.4. The standard InChI is InChI=1S/C13H10F3N5O/c14-13(15,16)11-18-8-9(19-11)20-12(21-10(8)22)17-6-7-4-2-1-3-5-7/h1-5H,6H2,(H3,17,18,19,20,21,22). The largest absolute Gasteiger partial charge is 0.449 e. The van der Waals surface area contributed by atoms with Crippen LogP contribution in [-0.4, -0.2) is 19.9 Å². The van der Waals surface area contributed by atoms with E-state index < -0.39 is 17.6 Å². The minimum Gasteiger partial charge on any atom is -0.352 e. The molecular formula is C13H10F3N5O. The summed E-state index contributed by atoms with van der Waals surface area (Å²) in [4.78, 5) is 23.3. The summed E-state index contributed by atoms with van der Waals surface area (Å²) in [6, 6.07) is 9.28. The molecule has 0 saturated heterocycles. The van der Waals surface area contributed by atoms with Crippen molar-refractivity contribution in [3.05, 3.63) is 52.1 Å². The van der Waals surface area contributed by atoms with Crippen LogP contribution >= 0.6 is 0 Å². The second kappa shape index (κ2) is 5.17. The minimum atomic E-state index is -4.66. The first-order valence-electron chi connectivity index (χ1n) is 6.28. The van der Waals surface area contributed by atoms with Gasteiger partial charge >= 0.3 is 6.18 Å². The molecule has 0 bridgehead atoms. The third-order valence-electron chi connectivity index (χ3n) is 2.93. The molecule has 6 nitrogen and oxygen atoms in total. The lowest BCUT2D eigenvalue weighted by atomic mass is 10.2. The Morgan fingerprint density at radius 2 is 1.82 bits per heavy atom. The van der Waals surface area contributed by atoms with Crippen LogP contribution in [0, 0.1) is 0 Å². The lowest BCUT2D eigenvalue weighted by Crippen LogP contribution is -2.13. The molecule has 114 valence electrons. The normalized spacial score (nSPS) is 11.8. The van der Waals surface area contributed by atoms with E-state index in [1.54, 1.807) is 0 Å². The van der Waals surface area contributed by atoms with Gasteiger partial charge in [0.15, 0.2) is 11.2 Å². The molecular weight excluding hydrogens is 299 g/mol. The summed E-state index contributed by atoms with van der Waals surface area (Å²) in [5, 5.41) is 2.84. The van der Waals surface area contributed by atoms with Crippen molar-refractivity contribution in [3.63, 3.8) is 0 Å². The molecule has 0 saturated carbocycles. The van der Waals surface area contributed by atoms with Crippen LogP contribution in [0.3, 0.4) is 0 Å². The minimum absolute atomic E-state index is 0.0570. The molecule has 0 aliphatic heterocycles. The molecule has 1 aromatic carbocycles. The molecule has 0 radical (unpaired) electrons. The van der Waals surface area contributed by atoms with E-state index in [0.717, 1.165) is 5.56 Å². The molecule has 3 N–H and O–H groups in total. The number of fused-ring (bicyclic) bond motifs is 1. The number of halogens is 3. The highest BCUT2D eigenvalue weighted by Crippen LogP contribution is 2.27. The van der Waals surface area contributed by atoms with E-state index in [4.69, 9.17) is 0 Å². The van der Waals surface area contributed by atoms with Crippen LogP contribution in [-0.2, 0) is 12.7 Å². The molecule has 2 heterocycles. The Bertz CT molecular complexity index is 853. The van der Waals surface area contributed by atoms with Crippen molar-refractivity contribution in [2.45, 2.75) is 12.7 Å². The summed E-state index contributed by atoms with van der Waals surface area (Å²) in [6.07, 6.45) is -4.66. The number of H-pyrrole nitrogens is 2. The quantitative estimate of drug-likeness (QED) is 0.693. The zero-order valence-corrected chi connectivity index (χ0v) is 11.0. The number of nitrogens with zero attached hydrogens (tertiary/aromatic N) is 2. The van der Waals surface area contributed by atoms with E-state index >= 15 is 0 Å². The molecule has 0 unspecified atom stereocenters. The van der Waals surface area contributed by atoms with Crippen molar-refractivity contribution in [1.29, 1.82) is 0 Å². The fourth-order valence-corrected chi connectivity index (χ4v) is 1.91. The average Bonchev–Trinajstić information content (AvgIpc) is 2.91. The molecule has 2 aromatic heterocycles. The molecule has 22 heavy (non-hydrogen) atoms. The summed E-state index contributed by atoms with van der Waals surface area (Å²) >= 11 is 0. The van der Waals surface area contributed by atoms with Gasteiger partial charge < -0.3 is 10.3 Å². The van der Waals surface area contributed by atoms with Crippen molar-refractivity contribution >= 4 is 17.1 Å². The maximum atomic E-state index is 12.6. The second-order valence-electron chi connectivity index (χ2n) is 4.54. The molecule has 0 spiro atoms. The Morgan fingerprint density at radius 1 is 1.09 bits per heavy atom. The number of nitrogens with one attached hydrogen (secondary N) is 3. The van der Waals surface area contributed by atoms with Crippen LogP contribution in [0.25, 0.3) is 11.2 Å². The zero-order valence-electron chi connectivity index (χ0n) is 11.0. The topological polar surface area (TPSA) is 86.5 Å². The van der Waals surface area contributed by atoms with Gasteiger partial charge in [0.1, 0.15) is 0 Å². The number of imidazole rings is 1. The summed E-state index contributed by atoms with van der Waals surface area (Å²) in [7, 11) is 0. The number of hydrogen-bond acceptors (Lipinski definition) is 4. The van der Waals surface area contributed by atoms with Crippen LogP contribution in [0.15, 0.2) is 35.1 Å². The zero-order chi connectivity index (χ0) is 15.7. The van der Waals surface area contributed by atoms with Gasteiger partial charge in [-0.1, -0.05) is 30.3 Å². The van der Waals surface area contributed by atoms with Crippen LogP contribution in [0.4, 0.5) is 19.1 Å². The second-order valence-corrected chi connectivity index (χ2v) is 4.54. The van der Waals surface area contributed by atoms with Gasteiger partial charge in [-0.3, -0.25) is 9.78 Å². The Morgan fingerprint density at radius 3 is 2.50 bits per heavy atom. The van der Waals surface area contributed by atoms with Gasteiger partial charge in [0.25, 0.3) is 5.56 Å². The fraction of sp³-hybridized carbons (Fsp3) is 0.154. The first-order valence-corrected chi connectivity index (χ1v) is 6.28. The van der Waals surface area contributed by atoms with Crippen LogP contribution in [0.5, 0.6) is 0 Å². The first kappa shape index (κ1) is 14.1. The highest BCUT2D eigenvalue weighted by Gasteiger charge is 2.35. The van der Waals surface area contributed by atoms with E-state index in [-0.39, 0.29) is 17.1 Å². The predicted molar refractivity (Wildman–Crippen MR) is 73.3 cm³/mol. The lowest BCUT2D eigenvalue weighted by Gasteiger charge is -2.04. The Labute approximate surface area is 121 Å². The monoisotopic (exact) mass is 309 g/mol. The number of anilines is 1. The van der Waals surface area contributed by atoms with Crippen molar-refractivity contribution < 1.29 is 13.2 Å². The Hall–Kier alpha value is -2.84. The lowest BCUT2D eigenvalue weighted by molar-refractivity contribution is -0.144. The summed E-state index contributed by atoms with van der Waals surface area (Å²) in [5.74, 6) is -1.19. The van der Waals surface area contributed by atoms with Crippen molar-refractivity contribution in [2.24, 2.45) is 0 Å². The van der Waals surface area contributed by atoms with E-state index in [1.807, 2.05) is 35.3 Å². The van der Waals surface area contributed by atoms with Gasteiger partial charge in [0.2, 0.25) is 11.8 Å². The van der Waals surface area contributed by atoms with Gasteiger partial charge in [-0.05, 0) is 5.56 Å². The summed E-state index contributed by atoms with van der Waals surface area (Å²) < 4.78 is 37.7. The summed E-state index contributed by atoms with van der Waals surface area (Å²) in [5.41, 5.74) is -0.379. The molecule has 0 aliphatic rings. The molecule has 0 aliphatic carbocycles. The van der Waals surface area contributed by atoms with E-state index in [2.05, 4.69) is 20.3 Å². The number of rotatable bonds is 3. The number of hydrogen-bond donors (Lipinski definition) is 3. The van der Waals surface area contributed by atoms with E-state index in [1.165, 1.54) is 0 Å². The van der Waals surface area contributed by atoms with Gasteiger partial charge in [0, 0.05) is 6.54 Å². The fourth-order valence-electron chi connectivity index (χ4n) is 1.91. The van der Waals surface area contributed by atoms with Gasteiger partial charge in [-0.2, -0.15) is 18.2 Å². The molecule has 0 atom stereocenters. The Balaban J connectivity index is 1.90. The number of aromatic amines is 2. The number of aromatic nitrogens is 4. The number of benzene rings is 1. The molecule has 9 heteroatoms. The van der Waals surface area contributed by atoms with Crippen LogP contribution < -0.4 is 10.9 Å². The maximum Gasteiger partial charge on any atom is 0.449 e. The van der Waals surface area contributed by atoms with Crippen molar-refractivity contribution in [1.82, 2.24) is 19.9 Å². The summed E-state index contributed by atoms with van der Waals surface area (Å²) in [6.45, 7) is 0.367. The Kier molecular flexibility index (Phi) is 3.32. The average molecular weight is 309 g/mol. The third-order valence-corrected chi connectivity index (χ3v) is 2.93. The van der Waals surface area contributed by atoms with Gasteiger partial charge in [-0.25, -0.2) is 4.98 Å². The van der Waals surface area contributed by atoms with Crippen LogP contribution in [0.2, 0.25) is 0 Å². The first-order chi connectivity index (χ1) is 10.4. The van der Waals surface area contributed by atoms with E-state index in [0.29, 0.717) is 6.54 Å². The van der Waals surface area contributed by atoms with Gasteiger partial charge in [-0.15, -0.1) is 0 Å². The molecule has 0 amide bonds.